The number of phenols is 1. The molecule has 3 aliphatic carbocycles. The normalized spacial score (nSPS) is 23.0. The number of benzene rings is 2. The molecule has 2 aromatic carbocycles. The molecule has 3 aliphatic rings. The Balaban J connectivity index is 1.30. The number of carbonyl (C=O) groups is 8. The fourth-order valence-electron chi connectivity index (χ4n) is 8.93. The van der Waals surface area contributed by atoms with Gasteiger partial charge in [0.25, 0.3) is 0 Å². The van der Waals surface area contributed by atoms with E-state index < -0.39 is 107 Å². The molecule has 6 atom stereocenters. The Morgan fingerprint density at radius 2 is 1.59 bits per heavy atom. The van der Waals surface area contributed by atoms with Gasteiger partial charge in [-0.05, 0) is 95.9 Å². The summed E-state index contributed by atoms with van der Waals surface area (Å²) in [6.07, 6.45) is 4.36. The van der Waals surface area contributed by atoms with Crippen LogP contribution in [-0.4, -0.2) is 132 Å². The van der Waals surface area contributed by atoms with E-state index in [1.807, 2.05) is 0 Å². The molecule has 18 heteroatoms. The highest BCUT2D eigenvalue weighted by atomic mass is 16.7. The van der Waals surface area contributed by atoms with Crippen LogP contribution < -0.4 is 20.7 Å². The third-order valence-electron chi connectivity index (χ3n) is 12.1. The van der Waals surface area contributed by atoms with Gasteiger partial charge in [0.15, 0.2) is 34.7 Å². The van der Waals surface area contributed by atoms with Crippen LogP contribution in [0.1, 0.15) is 92.5 Å². The number of rotatable bonds is 16. The van der Waals surface area contributed by atoms with Crippen molar-refractivity contribution in [2.75, 3.05) is 58.4 Å². The van der Waals surface area contributed by atoms with E-state index in [9.17, 15) is 48.6 Å². The molecule has 3 amide bonds. The summed E-state index contributed by atoms with van der Waals surface area (Å²) < 4.78 is 16.1. The number of ether oxygens (including phenoxy) is 3. The maximum atomic E-state index is 14.4. The molecule has 2 aromatic rings. The van der Waals surface area contributed by atoms with Crippen LogP contribution in [0.2, 0.25) is 0 Å². The van der Waals surface area contributed by atoms with Gasteiger partial charge in [-0.1, -0.05) is 32.6 Å². The molecule has 0 radical (unpaired) electrons. The molecule has 18 nitrogen and oxygen atoms in total. The fraction of sp³-hybridized carbons (Fsp3) is 0.556. The Morgan fingerprint density at radius 1 is 0.937 bits per heavy atom. The van der Waals surface area contributed by atoms with Crippen LogP contribution in [0.4, 0.5) is 16.2 Å². The highest BCUT2D eigenvalue weighted by Gasteiger charge is 2.69. The molecule has 2 saturated carbocycles. The van der Waals surface area contributed by atoms with E-state index in [0.29, 0.717) is 23.6 Å². The first-order valence-electron chi connectivity index (χ1n) is 21.1. The predicted octanol–water partition coefficient (Wildman–Crippen LogP) is 3.27. The zero-order valence-electron chi connectivity index (χ0n) is 37.1. The van der Waals surface area contributed by atoms with Gasteiger partial charge in [-0.15, -0.1) is 0 Å². The van der Waals surface area contributed by atoms with Gasteiger partial charge in [-0.25, -0.2) is 9.59 Å². The number of fused-ring (bicyclic) bond motifs is 3. The van der Waals surface area contributed by atoms with Gasteiger partial charge >= 0.3 is 12.1 Å². The number of esters is 1. The van der Waals surface area contributed by atoms with Crippen molar-refractivity contribution in [3.63, 3.8) is 0 Å². The van der Waals surface area contributed by atoms with Crippen molar-refractivity contribution in [2.45, 2.75) is 89.8 Å². The van der Waals surface area contributed by atoms with E-state index >= 15 is 0 Å². The highest BCUT2D eigenvalue weighted by molar-refractivity contribution is 6.32. The van der Waals surface area contributed by atoms with Crippen molar-refractivity contribution in [3.05, 3.63) is 47.0 Å². The number of anilines is 2. The summed E-state index contributed by atoms with van der Waals surface area (Å²) in [7, 11) is 6.33. The summed E-state index contributed by atoms with van der Waals surface area (Å²) in [4.78, 5) is 112. The number of carbonyl (C=O) groups excluding carboxylic acids is 8. The van der Waals surface area contributed by atoms with Crippen LogP contribution in [0, 0.1) is 23.7 Å². The molecule has 2 fully saturated rings. The number of nitrogens with two attached hydrogens (primary N) is 1. The van der Waals surface area contributed by atoms with Gasteiger partial charge in [-0.3, -0.25) is 38.6 Å². The van der Waals surface area contributed by atoms with Crippen molar-refractivity contribution in [3.8, 4) is 11.5 Å². The largest absolute Gasteiger partial charge is 0.505 e. The van der Waals surface area contributed by atoms with Crippen LogP contribution in [0.15, 0.2) is 30.3 Å². The number of hydrogen-bond donors (Lipinski definition) is 4. The second-order valence-corrected chi connectivity index (χ2v) is 17.9. The minimum Gasteiger partial charge on any atom is -0.505 e. The second-order valence-electron chi connectivity index (χ2n) is 17.9. The van der Waals surface area contributed by atoms with Crippen molar-refractivity contribution in [1.29, 1.82) is 0 Å². The Labute approximate surface area is 366 Å². The summed E-state index contributed by atoms with van der Waals surface area (Å²) in [5, 5.41) is 26.1. The third-order valence-corrected chi connectivity index (χ3v) is 12.1. The number of nitrogens with one attached hydrogen (secondary N) is 1. The molecule has 0 saturated heterocycles. The van der Waals surface area contributed by atoms with Gasteiger partial charge < -0.3 is 40.4 Å². The monoisotopic (exact) mass is 877 g/mol. The van der Waals surface area contributed by atoms with Crippen LogP contribution in [0.5, 0.6) is 11.5 Å². The number of nitrogens with zero attached hydrogens (tertiary/aromatic N) is 3. The summed E-state index contributed by atoms with van der Waals surface area (Å²) in [6.45, 7) is 6.23. The SMILES string of the molecule is CCCCCCCOc1ccc(C(=O)OCOC(=O)N(CC(=O)Nc2cc(N(C)C)c3c(c2O)C(=O)C2C(=O)[C@]4(O)C(=O)C(C(N)=O)C(=O)[C@@H](N(C)C)[C@@H]4C[C@@H]2C3)C(C)(C)C)cc1. The van der Waals surface area contributed by atoms with Crippen molar-refractivity contribution in [2.24, 2.45) is 29.4 Å². The number of amides is 3. The summed E-state index contributed by atoms with van der Waals surface area (Å²) in [5.41, 5.74) is 1.86. The van der Waals surface area contributed by atoms with Gasteiger partial charge in [0.2, 0.25) is 18.6 Å². The topological polar surface area (TPSA) is 252 Å². The number of Topliss-reactive ketones (excluding diaryl/α,β-unsaturated/α-hetero) is 4. The molecule has 0 bridgehead atoms. The third kappa shape index (κ3) is 9.71. The van der Waals surface area contributed by atoms with Crippen LogP contribution >= 0.6 is 0 Å². The number of unbranched alkanes of at least 4 members (excludes halogenated alkanes) is 4. The molecule has 0 heterocycles. The Bertz CT molecular complexity index is 2150. The molecular formula is C45H59N5O13. The van der Waals surface area contributed by atoms with Crippen LogP contribution in [0.3, 0.4) is 0 Å². The van der Waals surface area contributed by atoms with Crippen molar-refractivity contribution >= 4 is 58.4 Å². The molecule has 2 unspecified atom stereocenters. The second kappa shape index (κ2) is 19.2. The van der Waals surface area contributed by atoms with Crippen LogP contribution in [0.25, 0.3) is 0 Å². The van der Waals surface area contributed by atoms with Crippen molar-refractivity contribution < 1.29 is 62.8 Å². The van der Waals surface area contributed by atoms with Crippen molar-refractivity contribution in [1.82, 2.24) is 9.80 Å². The minimum absolute atomic E-state index is 0.00827. The van der Waals surface area contributed by atoms with E-state index in [-0.39, 0.29) is 29.7 Å². The average molecular weight is 878 g/mol. The lowest BCUT2D eigenvalue weighted by atomic mass is 9.52. The first-order valence-corrected chi connectivity index (χ1v) is 21.1. The molecule has 5 rings (SSSR count). The fourth-order valence-corrected chi connectivity index (χ4v) is 8.93. The number of phenolic OH excluding ortho intramolecular Hbond substituents is 1. The number of primary amides is 1. The zero-order chi connectivity index (χ0) is 46.7. The maximum Gasteiger partial charge on any atom is 0.413 e. The predicted molar refractivity (Wildman–Crippen MR) is 228 cm³/mol. The van der Waals surface area contributed by atoms with E-state index in [2.05, 4.69) is 12.2 Å². The zero-order valence-corrected chi connectivity index (χ0v) is 37.1. The van der Waals surface area contributed by atoms with Crippen LogP contribution in [-0.2, 0) is 39.9 Å². The number of likely N-dealkylation sites (N-methyl/N-ethyl adjacent to an activating group) is 1. The molecule has 5 N–H and O–H groups in total. The number of aromatic hydroxyl groups is 1. The summed E-state index contributed by atoms with van der Waals surface area (Å²) >= 11 is 0. The summed E-state index contributed by atoms with van der Waals surface area (Å²) in [6, 6.07) is 6.52. The van der Waals surface area contributed by atoms with E-state index in [0.717, 1.165) is 30.6 Å². The van der Waals surface area contributed by atoms with Gasteiger partial charge in [-0.2, -0.15) is 0 Å². The summed E-state index contributed by atoms with van der Waals surface area (Å²) in [5.74, 6) is -13.2. The van der Waals surface area contributed by atoms with E-state index in [1.165, 1.54) is 43.6 Å². The maximum absolute atomic E-state index is 14.4. The number of aliphatic hydroxyl groups is 1. The smallest absolute Gasteiger partial charge is 0.413 e. The Hall–Kier alpha value is -5.88. The van der Waals surface area contributed by atoms with E-state index in [4.69, 9.17) is 19.9 Å². The number of ketones is 4. The van der Waals surface area contributed by atoms with Gasteiger partial charge in [0, 0.05) is 31.2 Å². The first-order chi connectivity index (χ1) is 29.6. The van der Waals surface area contributed by atoms with Gasteiger partial charge in [0.1, 0.15) is 18.0 Å². The lowest BCUT2D eigenvalue weighted by molar-refractivity contribution is -0.181. The Morgan fingerprint density at radius 3 is 2.17 bits per heavy atom. The number of hydrogen-bond acceptors (Lipinski definition) is 15. The standard InChI is InChI=1S/C45H59N5O13/c1-9-10-11-12-13-18-61-26-16-14-24(15-17-26)42(58)62-23-63-43(59)50(44(2,3)4)22-31(51)47-29-21-30(48(5)6)27-19-25-20-28-35(49(7)8)38(54)34(41(46)57)40(56)45(28,60)39(55)32(25)37(53)33(27)36(29)52/h14-17,21,25,28,32,34-35,52,60H,9-13,18-20,22-23H2,1-8H3,(H2,46,57)(H,47,51)/t25-,28-,32?,34?,35-,45-/m0/s1. The molecule has 342 valence electrons. The molecule has 0 aliphatic heterocycles. The lowest BCUT2D eigenvalue weighted by Crippen LogP contribution is -2.74. The molecule has 0 aromatic heterocycles. The molecule has 63 heavy (non-hydrogen) atoms. The Kier molecular flexibility index (Phi) is 14.7. The minimum atomic E-state index is -2.90. The average Bonchev–Trinajstić information content (AvgIpc) is 3.20. The first kappa shape index (κ1) is 48.2. The van der Waals surface area contributed by atoms with E-state index in [1.54, 1.807) is 51.9 Å². The highest BCUT2D eigenvalue weighted by Crippen LogP contribution is 2.52. The van der Waals surface area contributed by atoms with Gasteiger partial charge in [0.05, 0.1) is 35.4 Å². The lowest BCUT2D eigenvalue weighted by Gasteiger charge is -2.52. The quantitative estimate of drug-likeness (QED) is 0.0621. The molecule has 0 spiro atoms. The molecular weight excluding hydrogens is 819 g/mol.